The molecule has 0 unspecified atom stereocenters. The molecule has 2 amide bonds. The third-order valence-corrected chi connectivity index (χ3v) is 4.77. The predicted molar refractivity (Wildman–Crippen MR) is 102 cm³/mol. The van der Waals surface area contributed by atoms with Crippen LogP contribution in [0.1, 0.15) is 11.1 Å². The molecule has 1 aromatic heterocycles. The minimum absolute atomic E-state index is 0.284. The van der Waals surface area contributed by atoms with Crippen LogP contribution in [0.25, 0.3) is 22.0 Å². The fourth-order valence-corrected chi connectivity index (χ4v) is 3.52. The number of rotatable bonds is 4. The largest absolute Gasteiger partial charge is 0.497 e. The van der Waals surface area contributed by atoms with Crippen LogP contribution in [0.4, 0.5) is 0 Å². The van der Waals surface area contributed by atoms with Crippen LogP contribution in [-0.2, 0) is 16.6 Å². The van der Waals surface area contributed by atoms with Gasteiger partial charge in [-0.2, -0.15) is 0 Å². The van der Waals surface area contributed by atoms with Gasteiger partial charge in [-0.1, -0.05) is 18.2 Å². The summed E-state index contributed by atoms with van der Waals surface area (Å²) in [5.74, 6) is 0.196. The van der Waals surface area contributed by atoms with Crippen molar-refractivity contribution in [3.8, 4) is 11.5 Å². The number of hydrogen-bond acceptors (Lipinski definition) is 4. The molecule has 0 spiro atoms. The lowest BCUT2D eigenvalue weighted by Gasteiger charge is -2.11. The molecule has 2 heterocycles. The minimum Gasteiger partial charge on any atom is -0.497 e. The summed E-state index contributed by atoms with van der Waals surface area (Å²) in [4.78, 5) is 25.4. The van der Waals surface area contributed by atoms with Crippen molar-refractivity contribution >= 4 is 33.9 Å². The average Bonchev–Trinajstić information content (AvgIpc) is 3.16. The van der Waals surface area contributed by atoms with E-state index in [0.29, 0.717) is 28.2 Å². The van der Waals surface area contributed by atoms with E-state index in [1.807, 2.05) is 42.1 Å². The van der Waals surface area contributed by atoms with Gasteiger partial charge in [-0.25, -0.2) is 0 Å². The van der Waals surface area contributed by atoms with Gasteiger partial charge < -0.3 is 14.0 Å². The van der Waals surface area contributed by atoms with E-state index in [2.05, 4.69) is 5.32 Å². The van der Waals surface area contributed by atoms with Crippen LogP contribution in [-0.4, -0.2) is 30.6 Å². The summed E-state index contributed by atoms with van der Waals surface area (Å²) in [6.45, 7) is 0. The Hall–Kier alpha value is -3.54. The van der Waals surface area contributed by atoms with Crippen molar-refractivity contribution in [2.24, 2.45) is 7.05 Å². The quantitative estimate of drug-likeness (QED) is 0.725. The Kier molecular flexibility index (Phi) is 3.96. The maximum atomic E-state index is 12.7. The summed E-state index contributed by atoms with van der Waals surface area (Å²) >= 11 is 0. The smallest absolute Gasteiger partial charge is 0.259 e. The van der Waals surface area contributed by atoms with Crippen molar-refractivity contribution in [2.45, 2.75) is 0 Å². The number of carbonyl (C=O) groups is 2. The van der Waals surface area contributed by atoms with Crippen LogP contribution in [0.15, 0.2) is 48.7 Å². The van der Waals surface area contributed by atoms with E-state index in [1.54, 1.807) is 25.3 Å². The monoisotopic (exact) mass is 362 g/mol. The molecule has 27 heavy (non-hydrogen) atoms. The predicted octanol–water partition coefficient (Wildman–Crippen LogP) is 2.76. The molecular formula is C21H18N2O4. The second kappa shape index (κ2) is 6.32. The molecule has 1 aliphatic rings. The van der Waals surface area contributed by atoms with Crippen molar-refractivity contribution in [2.75, 3.05) is 14.2 Å². The van der Waals surface area contributed by atoms with Gasteiger partial charge in [0.05, 0.1) is 25.4 Å². The Bertz CT molecular complexity index is 1120. The number of carbonyl (C=O) groups excluding carboxylic acids is 2. The summed E-state index contributed by atoms with van der Waals surface area (Å²) in [6, 6.07) is 12.9. The van der Waals surface area contributed by atoms with Crippen LogP contribution in [0.2, 0.25) is 0 Å². The zero-order chi connectivity index (χ0) is 19.1. The van der Waals surface area contributed by atoms with E-state index in [0.717, 1.165) is 10.9 Å². The molecule has 0 atom stereocenters. The first kappa shape index (κ1) is 16.9. The number of aromatic nitrogens is 1. The van der Waals surface area contributed by atoms with E-state index in [-0.39, 0.29) is 5.57 Å². The highest BCUT2D eigenvalue weighted by atomic mass is 16.5. The van der Waals surface area contributed by atoms with Crippen molar-refractivity contribution < 1.29 is 19.1 Å². The number of ether oxygens (including phenoxy) is 2. The standard InChI is InChI=1S/C21H18N2O4/c1-23-11-15(13-6-4-5-7-16(13)23)19-18(20(24)22-21(19)25)14-10-12(26-2)8-9-17(14)27-3/h4-11H,1-3H3,(H,22,24,25). The van der Waals surface area contributed by atoms with E-state index in [1.165, 1.54) is 7.11 Å². The maximum Gasteiger partial charge on any atom is 0.259 e. The molecule has 3 aromatic rings. The Morgan fingerprint density at radius 2 is 1.59 bits per heavy atom. The Balaban J connectivity index is 2.06. The molecule has 0 saturated heterocycles. The zero-order valence-electron chi connectivity index (χ0n) is 15.2. The second-order valence-corrected chi connectivity index (χ2v) is 6.27. The van der Waals surface area contributed by atoms with Gasteiger partial charge in [-0.3, -0.25) is 14.9 Å². The fourth-order valence-electron chi connectivity index (χ4n) is 3.52. The van der Waals surface area contributed by atoms with E-state index >= 15 is 0 Å². The van der Waals surface area contributed by atoms with E-state index in [4.69, 9.17) is 9.47 Å². The van der Waals surface area contributed by atoms with Gasteiger partial charge in [0, 0.05) is 35.3 Å². The number of methoxy groups -OCH3 is 2. The molecule has 6 heteroatoms. The first-order valence-corrected chi connectivity index (χ1v) is 8.42. The molecule has 1 N–H and O–H groups in total. The number of nitrogens with zero attached hydrogens (tertiary/aromatic N) is 1. The third kappa shape index (κ3) is 2.57. The molecular weight excluding hydrogens is 344 g/mol. The van der Waals surface area contributed by atoms with Crippen LogP contribution >= 0.6 is 0 Å². The Morgan fingerprint density at radius 1 is 0.889 bits per heavy atom. The SMILES string of the molecule is COc1ccc(OC)c(C2=C(c3cn(C)c4ccccc34)C(=O)NC2=O)c1. The molecule has 0 fully saturated rings. The Morgan fingerprint density at radius 3 is 2.30 bits per heavy atom. The van der Waals surface area contributed by atoms with Crippen molar-refractivity contribution in [1.29, 1.82) is 0 Å². The van der Waals surface area contributed by atoms with Gasteiger partial charge in [0.15, 0.2) is 0 Å². The molecule has 0 aliphatic carbocycles. The van der Waals surface area contributed by atoms with Gasteiger partial charge in [0.1, 0.15) is 11.5 Å². The molecule has 0 radical (unpaired) electrons. The molecule has 6 nitrogen and oxygen atoms in total. The van der Waals surface area contributed by atoms with E-state index < -0.39 is 11.8 Å². The molecule has 0 bridgehead atoms. The number of imide groups is 1. The van der Waals surface area contributed by atoms with E-state index in [9.17, 15) is 9.59 Å². The van der Waals surface area contributed by atoms with Crippen LogP contribution in [0.5, 0.6) is 11.5 Å². The van der Waals surface area contributed by atoms with Crippen molar-refractivity contribution in [3.63, 3.8) is 0 Å². The van der Waals surface area contributed by atoms with Crippen LogP contribution in [0.3, 0.4) is 0 Å². The fraction of sp³-hybridized carbons (Fsp3) is 0.143. The van der Waals surface area contributed by atoms with Gasteiger partial charge in [-0.15, -0.1) is 0 Å². The first-order chi connectivity index (χ1) is 13.0. The number of benzene rings is 2. The summed E-state index contributed by atoms with van der Waals surface area (Å²) < 4.78 is 12.7. The lowest BCUT2D eigenvalue weighted by molar-refractivity contribution is -0.122. The molecule has 0 saturated carbocycles. The van der Waals surface area contributed by atoms with Gasteiger partial charge in [-0.05, 0) is 24.3 Å². The highest BCUT2D eigenvalue weighted by molar-refractivity contribution is 6.50. The third-order valence-electron chi connectivity index (χ3n) is 4.77. The average molecular weight is 362 g/mol. The molecule has 136 valence electrons. The number of para-hydroxylation sites is 1. The molecule has 2 aromatic carbocycles. The van der Waals surface area contributed by atoms with Crippen LogP contribution in [0, 0.1) is 0 Å². The van der Waals surface area contributed by atoms with Gasteiger partial charge in [0.25, 0.3) is 11.8 Å². The number of hydrogen-bond donors (Lipinski definition) is 1. The van der Waals surface area contributed by atoms with Gasteiger partial charge in [0.2, 0.25) is 0 Å². The van der Waals surface area contributed by atoms with Gasteiger partial charge >= 0.3 is 0 Å². The Labute approximate surface area is 156 Å². The zero-order valence-corrected chi connectivity index (χ0v) is 15.2. The highest BCUT2D eigenvalue weighted by Gasteiger charge is 2.35. The maximum absolute atomic E-state index is 12.7. The first-order valence-electron chi connectivity index (χ1n) is 8.42. The lowest BCUT2D eigenvalue weighted by Crippen LogP contribution is -2.22. The topological polar surface area (TPSA) is 69.6 Å². The molecule has 1 aliphatic heterocycles. The summed E-state index contributed by atoms with van der Waals surface area (Å²) in [5.41, 5.74) is 2.82. The van der Waals surface area contributed by atoms with Crippen molar-refractivity contribution in [3.05, 3.63) is 59.8 Å². The summed E-state index contributed by atoms with van der Waals surface area (Å²) in [7, 11) is 4.98. The second-order valence-electron chi connectivity index (χ2n) is 6.27. The summed E-state index contributed by atoms with van der Waals surface area (Å²) in [6.07, 6.45) is 1.87. The van der Waals surface area contributed by atoms with Crippen molar-refractivity contribution in [1.82, 2.24) is 9.88 Å². The van der Waals surface area contributed by atoms with Crippen LogP contribution < -0.4 is 14.8 Å². The number of nitrogens with one attached hydrogen (secondary N) is 1. The summed E-state index contributed by atoms with van der Waals surface area (Å²) in [5, 5.41) is 3.32. The highest BCUT2D eigenvalue weighted by Crippen LogP contribution is 2.39. The molecule has 4 rings (SSSR count). The lowest BCUT2D eigenvalue weighted by atomic mass is 9.95. The number of amides is 2. The minimum atomic E-state index is -0.450. The normalized spacial score (nSPS) is 14.0. The number of aryl methyl sites for hydroxylation is 1. The number of fused-ring (bicyclic) bond motifs is 1.